The minimum Gasteiger partial charge on any atom is -0.423 e. The molecule has 0 radical (unpaired) electrons. The molecule has 1 aromatic carbocycles. The summed E-state index contributed by atoms with van der Waals surface area (Å²) in [7, 11) is -1.37. The van der Waals surface area contributed by atoms with Gasteiger partial charge in [-0.15, -0.1) is 0 Å². The molecule has 1 saturated carbocycles. The van der Waals surface area contributed by atoms with Crippen LogP contribution in [0.4, 0.5) is 0 Å². The van der Waals surface area contributed by atoms with Crippen molar-refractivity contribution in [2.45, 2.75) is 38.3 Å². The molecule has 1 fully saturated rings. The lowest BCUT2D eigenvalue weighted by Crippen LogP contribution is -2.36. The number of hydrogen-bond acceptors (Lipinski definition) is 3. The zero-order valence-electron chi connectivity index (χ0n) is 9.39. The second-order valence-corrected chi connectivity index (χ2v) is 4.43. The van der Waals surface area contributed by atoms with Crippen LogP contribution in [0, 0.1) is 0 Å². The van der Waals surface area contributed by atoms with E-state index in [4.69, 9.17) is 0 Å². The minimum absolute atomic E-state index is 0.601. The average Bonchev–Trinajstić information content (AvgIpc) is 2.79. The maximum Gasteiger partial charge on any atom is 0.488 e. The third kappa shape index (κ3) is 2.85. The standard InChI is InChI=1S/C12H18BNO2/c15-13(16)12-8-4-1-5-10(12)9-14-11-6-2-3-7-11/h1,4-5,8,11,14-16H,2-3,6-7,9H2. The predicted octanol–water partition coefficient (Wildman–Crippen LogP) is 0.399. The van der Waals surface area contributed by atoms with E-state index in [2.05, 4.69) is 5.32 Å². The van der Waals surface area contributed by atoms with Gasteiger partial charge in [0.2, 0.25) is 0 Å². The third-order valence-electron chi connectivity index (χ3n) is 3.27. The first-order valence-electron chi connectivity index (χ1n) is 5.94. The van der Waals surface area contributed by atoms with Crippen molar-refractivity contribution in [3.63, 3.8) is 0 Å². The van der Waals surface area contributed by atoms with E-state index in [1.807, 2.05) is 18.2 Å². The Kier molecular flexibility index (Phi) is 3.99. The molecule has 2 rings (SSSR count). The third-order valence-corrected chi connectivity index (χ3v) is 3.27. The lowest BCUT2D eigenvalue weighted by atomic mass is 9.77. The van der Waals surface area contributed by atoms with Crippen LogP contribution in [0.5, 0.6) is 0 Å². The minimum atomic E-state index is -1.37. The SMILES string of the molecule is OB(O)c1ccccc1CNC1CCCC1. The molecule has 1 aliphatic rings. The molecule has 0 unspecified atom stereocenters. The van der Waals surface area contributed by atoms with Gasteiger partial charge in [-0.25, -0.2) is 0 Å². The van der Waals surface area contributed by atoms with Gasteiger partial charge in [-0.3, -0.25) is 0 Å². The van der Waals surface area contributed by atoms with Gasteiger partial charge in [-0.1, -0.05) is 37.1 Å². The van der Waals surface area contributed by atoms with Crippen molar-refractivity contribution >= 4 is 12.6 Å². The van der Waals surface area contributed by atoms with Gasteiger partial charge in [0, 0.05) is 12.6 Å². The van der Waals surface area contributed by atoms with Gasteiger partial charge in [0.15, 0.2) is 0 Å². The molecule has 0 aromatic heterocycles. The Morgan fingerprint density at radius 2 is 1.88 bits per heavy atom. The van der Waals surface area contributed by atoms with Gasteiger partial charge < -0.3 is 15.4 Å². The monoisotopic (exact) mass is 219 g/mol. The van der Waals surface area contributed by atoms with E-state index in [0.717, 1.165) is 12.1 Å². The van der Waals surface area contributed by atoms with Crippen LogP contribution in [0.2, 0.25) is 0 Å². The molecule has 0 bridgehead atoms. The van der Waals surface area contributed by atoms with Gasteiger partial charge in [-0.2, -0.15) is 0 Å². The van der Waals surface area contributed by atoms with Crippen LogP contribution in [0.25, 0.3) is 0 Å². The Labute approximate surface area is 96.6 Å². The maximum atomic E-state index is 9.22. The van der Waals surface area contributed by atoms with Gasteiger partial charge in [0.25, 0.3) is 0 Å². The van der Waals surface area contributed by atoms with Crippen molar-refractivity contribution in [2.75, 3.05) is 0 Å². The summed E-state index contributed by atoms with van der Waals surface area (Å²) in [4.78, 5) is 0. The second-order valence-electron chi connectivity index (χ2n) is 4.43. The molecule has 86 valence electrons. The fraction of sp³-hybridized carbons (Fsp3) is 0.500. The molecule has 1 aromatic rings. The van der Waals surface area contributed by atoms with Gasteiger partial charge in [0.1, 0.15) is 0 Å². The fourth-order valence-electron chi connectivity index (χ4n) is 2.33. The van der Waals surface area contributed by atoms with Crippen molar-refractivity contribution in [3.05, 3.63) is 29.8 Å². The molecule has 3 N–H and O–H groups in total. The molecule has 16 heavy (non-hydrogen) atoms. The molecule has 3 nitrogen and oxygen atoms in total. The van der Waals surface area contributed by atoms with Crippen molar-refractivity contribution in [1.29, 1.82) is 0 Å². The molecule has 1 aliphatic carbocycles. The highest BCUT2D eigenvalue weighted by molar-refractivity contribution is 6.59. The lowest BCUT2D eigenvalue weighted by Gasteiger charge is -2.14. The molecule has 0 amide bonds. The van der Waals surface area contributed by atoms with Crippen LogP contribution in [-0.4, -0.2) is 23.2 Å². The molecule has 4 heteroatoms. The molecule has 0 spiro atoms. The summed E-state index contributed by atoms with van der Waals surface area (Å²) >= 11 is 0. The summed E-state index contributed by atoms with van der Waals surface area (Å²) in [5.74, 6) is 0. The van der Waals surface area contributed by atoms with E-state index < -0.39 is 7.12 Å². The number of benzene rings is 1. The van der Waals surface area contributed by atoms with Crippen LogP contribution in [0.15, 0.2) is 24.3 Å². The highest BCUT2D eigenvalue weighted by Crippen LogP contribution is 2.17. The first kappa shape index (κ1) is 11.6. The summed E-state index contributed by atoms with van der Waals surface area (Å²) in [5, 5.41) is 21.9. The van der Waals surface area contributed by atoms with E-state index in [0.29, 0.717) is 11.5 Å². The summed E-state index contributed by atoms with van der Waals surface area (Å²) in [5.41, 5.74) is 1.58. The number of rotatable bonds is 4. The largest absolute Gasteiger partial charge is 0.488 e. The first-order chi connectivity index (χ1) is 7.77. The zero-order chi connectivity index (χ0) is 11.4. The topological polar surface area (TPSA) is 52.5 Å². The van der Waals surface area contributed by atoms with Crippen LogP contribution in [0.3, 0.4) is 0 Å². The smallest absolute Gasteiger partial charge is 0.423 e. The molecule has 0 heterocycles. The quantitative estimate of drug-likeness (QED) is 0.642. The molecule has 0 aliphatic heterocycles. The molecular weight excluding hydrogens is 201 g/mol. The second kappa shape index (κ2) is 5.48. The normalized spacial score (nSPS) is 16.6. The summed E-state index contributed by atoms with van der Waals surface area (Å²) in [6, 6.07) is 8.06. The van der Waals surface area contributed by atoms with Crippen LogP contribution in [0.1, 0.15) is 31.2 Å². The van der Waals surface area contributed by atoms with E-state index in [-0.39, 0.29) is 0 Å². The number of nitrogens with one attached hydrogen (secondary N) is 1. The molecule has 0 saturated heterocycles. The Hall–Kier alpha value is -0.835. The Morgan fingerprint density at radius 1 is 1.19 bits per heavy atom. The van der Waals surface area contributed by atoms with Gasteiger partial charge in [-0.05, 0) is 23.9 Å². The van der Waals surface area contributed by atoms with E-state index in [9.17, 15) is 10.0 Å². The van der Waals surface area contributed by atoms with Crippen LogP contribution < -0.4 is 10.8 Å². The predicted molar refractivity (Wildman–Crippen MR) is 65.4 cm³/mol. The van der Waals surface area contributed by atoms with Crippen molar-refractivity contribution in [3.8, 4) is 0 Å². The van der Waals surface area contributed by atoms with E-state index >= 15 is 0 Å². The van der Waals surface area contributed by atoms with Crippen LogP contribution in [-0.2, 0) is 6.54 Å². The maximum absolute atomic E-state index is 9.22. The van der Waals surface area contributed by atoms with Gasteiger partial charge >= 0.3 is 7.12 Å². The van der Waals surface area contributed by atoms with Crippen molar-refractivity contribution in [2.24, 2.45) is 0 Å². The molecular formula is C12H18BNO2. The van der Waals surface area contributed by atoms with E-state index in [1.54, 1.807) is 6.07 Å². The Balaban J connectivity index is 1.97. The summed E-state index contributed by atoms with van der Waals surface area (Å²) in [6.07, 6.45) is 5.09. The van der Waals surface area contributed by atoms with Crippen molar-refractivity contribution in [1.82, 2.24) is 5.32 Å². The summed E-state index contributed by atoms with van der Waals surface area (Å²) in [6.45, 7) is 0.721. The average molecular weight is 219 g/mol. The molecule has 0 atom stereocenters. The first-order valence-corrected chi connectivity index (χ1v) is 5.94. The Bertz CT molecular complexity index is 338. The summed E-state index contributed by atoms with van der Waals surface area (Å²) < 4.78 is 0. The van der Waals surface area contributed by atoms with E-state index in [1.165, 1.54) is 25.7 Å². The van der Waals surface area contributed by atoms with Gasteiger partial charge in [0.05, 0.1) is 0 Å². The van der Waals surface area contributed by atoms with Crippen LogP contribution >= 0.6 is 0 Å². The Morgan fingerprint density at radius 3 is 2.56 bits per heavy atom. The zero-order valence-corrected chi connectivity index (χ0v) is 9.39. The highest BCUT2D eigenvalue weighted by atomic mass is 16.4. The lowest BCUT2D eigenvalue weighted by molar-refractivity contribution is 0.425. The van der Waals surface area contributed by atoms with Crippen molar-refractivity contribution < 1.29 is 10.0 Å². The number of hydrogen-bond donors (Lipinski definition) is 3. The highest BCUT2D eigenvalue weighted by Gasteiger charge is 2.17. The fourth-order valence-corrected chi connectivity index (χ4v) is 2.33.